The molecule has 0 radical (unpaired) electrons. The molecule has 0 bridgehead atoms. The highest BCUT2D eigenvalue weighted by atomic mass is 32.1. The Morgan fingerprint density at radius 3 is 1.53 bits per heavy atom. The van der Waals surface area contributed by atoms with Crippen molar-refractivity contribution >= 4 is 114 Å². The molecule has 1 fully saturated rings. The first kappa shape index (κ1) is 80.0. The van der Waals surface area contributed by atoms with Crippen LogP contribution in [0.3, 0.4) is 0 Å². The van der Waals surface area contributed by atoms with Gasteiger partial charge < -0.3 is 78.7 Å². The average Bonchev–Trinajstić information content (AvgIpc) is 1.63. The fourth-order valence-corrected chi connectivity index (χ4v) is 13.5. The van der Waals surface area contributed by atoms with Crippen molar-refractivity contribution in [3.05, 3.63) is 254 Å². The molecule has 28 nitrogen and oxygen atoms in total. The number of carbonyl (C=O) groups is 1. The molecular weight excluding hydrogens is 1510 g/mol. The van der Waals surface area contributed by atoms with Crippen LogP contribution in [0.25, 0.3) is 72.4 Å². The summed E-state index contributed by atoms with van der Waals surface area (Å²) in [4.78, 5) is 53.2. The van der Waals surface area contributed by atoms with Crippen molar-refractivity contribution < 1.29 is 47.8 Å². The van der Waals surface area contributed by atoms with Gasteiger partial charge in [0.1, 0.15) is 33.6 Å². The zero-order valence-electron chi connectivity index (χ0n) is 66.5. The summed E-state index contributed by atoms with van der Waals surface area (Å²) in [6, 6.07) is 52.8. The van der Waals surface area contributed by atoms with E-state index in [0.717, 1.165) is 118 Å². The molecule has 1 aliphatic carbocycles. The van der Waals surface area contributed by atoms with E-state index in [4.69, 9.17) is 58.0 Å². The highest BCUT2D eigenvalue weighted by Gasteiger charge is 2.23. The minimum Gasteiger partial charge on any atom is -0.497 e. The van der Waals surface area contributed by atoms with Crippen molar-refractivity contribution in [2.75, 3.05) is 90.8 Å². The van der Waals surface area contributed by atoms with Gasteiger partial charge >= 0.3 is 0 Å². The lowest BCUT2D eigenvalue weighted by atomic mass is 10.1. The van der Waals surface area contributed by atoms with Gasteiger partial charge in [-0.2, -0.15) is 19.9 Å². The van der Waals surface area contributed by atoms with E-state index in [0.29, 0.717) is 88.3 Å². The Morgan fingerprint density at radius 1 is 0.508 bits per heavy atom. The molecule has 1 aliphatic rings. The predicted octanol–water partition coefficient (Wildman–Crippen LogP) is 17.3. The zero-order chi connectivity index (χ0) is 82.0. The Morgan fingerprint density at radius 2 is 1.02 bits per heavy atom. The molecule has 0 spiro atoms. The van der Waals surface area contributed by atoms with Crippen LogP contribution < -0.4 is 64.5 Å². The second-order valence-electron chi connectivity index (χ2n) is 27.0. The van der Waals surface area contributed by atoms with E-state index in [1.807, 2.05) is 191 Å². The number of carbonyl (C=O) groups excluding carboxylic acids is 1. The van der Waals surface area contributed by atoms with Crippen molar-refractivity contribution in [3.63, 3.8) is 0 Å². The van der Waals surface area contributed by atoms with Gasteiger partial charge in [0.05, 0.1) is 68.5 Å². The lowest BCUT2D eigenvalue weighted by molar-refractivity contribution is -0.120. The second kappa shape index (κ2) is 37.6. The van der Waals surface area contributed by atoms with Crippen molar-refractivity contribution in [3.8, 4) is 68.2 Å². The monoisotopic (exact) mass is 1600 g/mol. The fourth-order valence-electron chi connectivity index (χ4n) is 12.8. The number of nitrogens with one attached hydrogen (secondary N) is 5. The Hall–Kier alpha value is -14.6. The summed E-state index contributed by atoms with van der Waals surface area (Å²) in [6.45, 7) is 9.30. The van der Waals surface area contributed by atoms with Crippen LogP contribution in [0.5, 0.6) is 46.0 Å². The van der Waals surface area contributed by atoms with Crippen LogP contribution in [-0.2, 0) is 11.2 Å². The summed E-state index contributed by atoms with van der Waals surface area (Å²) in [5.74, 6) is 8.24. The number of aliphatic hydroxyl groups excluding tert-OH is 1. The summed E-state index contributed by atoms with van der Waals surface area (Å²) in [7, 11) is 11.1. The standard InChI is InChI=1S/C26H29N5O5.C23H22N4O3.C22H21N5O.C18H16N4OS/c1-34-21-14-19(15-22(35-2)24(21)36-3)29-26-28-16-18-8-10-31(25(18)30-26)20-7-4-6-17(12-20)13-23(33)27-9-5-11-32;1-5-15-8-6-7-9-18(15)27-11-10-16-14-24-23(26-22(16)27)25-17-12-19(28-2)21(30-4)20(13-17)29-3;1-15-5-8-18(28-14-16-6-7-16)12-19(15)25-22-24-13-17-9-11-27(21(17)26-22)20-4-2-3-10-23-20;1-12-5-6-14(23-2)10-15(12)20-18-19-11-13-7-8-22(17(13)21-18)16-4-3-9-24-16/h4,6-8,10,12,14-16,32H,5,9,11,13H2,1-3H3,(H,27,33)(H,28,29,30);5-14H,1H2,2-4H3,(H,24,25,26);2-5,8-13,16H,6-7,14H2,1H3,(H,24,25,26);3-11H,1-2H3,(H,19,20,21). The van der Waals surface area contributed by atoms with Gasteiger partial charge in [-0.3, -0.25) is 13.9 Å². The molecule has 10 aromatic heterocycles. The number of ether oxygens (including phenoxy) is 8. The number of methoxy groups -OCH3 is 7. The summed E-state index contributed by atoms with van der Waals surface area (Å²) >= 11 is 1.68. The number of aryl methyl sites for hydroxylation is 2. The van der Waals surface area contributed by atoms with Crippen LogP contribution in [0.15, 0.2) is 232 Å². The molecule has 16 aromatic rings. The number of benzene rings is 6. The number of aliphatic hydroxyl groups is 1. The Balaban J connectivity index is 0.000000130. The number of fused-ring (bicyclic) bond motifs is 4. The number of pyridine rings is 1. The van der Waals surface area contributed by atoms with Gasteiger partial charge in [0.25, 0.3) is 0 Å². The number of nitrogens with zero attached hydrogens (tertiary/aromatic N) is 13. The van der Waals surface area contributed by atoms with E-state index in [9.17, 15) is 4.79 Å². The molecule has 6 N–H and O–H groups in total. The van der Waals surface area contributed by atoms with Gasteiger partial charge in [-0.1, -0.05) is 61.2 Å². The summed E-state index contributed by atoms with van der Waals surface area (Å²) in [6.07, 6.45) is 22.0. The van der Waals surface area contributed by atoms with Crippen molar-refractivity contribution in [1.82, 2.24) is 68.4 Å². The molecule has 10 heterocycles. The molecular formula is C89H88N18O10S. The van der Waals surface area contributed by atoms with Gasteiger partial charge in [-0.15, -0.1) is 11.3 Å². The van der Waals surface area contributed by atoms with Crippen molar-refractivity contribution in [2.45, 2.75) is 39.5 Å². The van der Waals surface area contributed by atoms with Gasteiger partial charge in [-0.05, 0) is 146 Å². The van der Waals surface area contributed by atoms with Crippen LogP contribution in [0.4, 0.5) is 46.5 Å². The van der Waals surface area contributed by atoms with Gasteiger partial charge in [0.2, 0.25) is 41.2 Å². The smallest absolute Gasteiger partial charge is 0.229 e. The molecule has 0 atom stereocenters. The molecule has 1 saturated carbocycles. The lowest BCUT2D eigenvalue weighted by Gasteiger charge is -2.14. The van der Waals surface area contributed by atoms with Crippen molar-refractivity contribution in [1.29, 1.82) is 0 Å². The first-order valence-electron chi connectivity index (χ1n) is 37.8. The third-order valence-electron chi connectivity index (χ3n) is 19.1. The van der Waals surface area contributed by atoms with E-state index < -0.39 is 0 Å². The third-order valence-corrected chi connectivity index (χ3v) is 20.0. The number of anilines is 8. The Kier molecular flexibility index (Phi) is 25.5. The fraction of sp³-hybridized carbons (Fsp3) is 0.191. The Labute approximate surface area is 684 Å². The number of thiophene rings is 1. The van der Waals surface area contributed by atoms with Gasteiger partial charge in [0, 0.05) is 155 Å². The molecule has 0 saturated heterocycles. The highest BCUT2D eigenvalue weighted by Crippen LogP contribution is 2.43. The van der Waals surface area contributed by atoms with Gasteiger partial charge in [0.15, 0.2) is 34.3 Å². The molecule has 0 unspecified atom stereocenters. The van der Waals surface area contributed by atoms with E-state index >= 15 is 0 Å². The molecule has 118 heavy (non-hydrogen) atoms. The largest absolute Gasteiger partial charge is 0.497 e. The first-order valence-corrected chi connectivity index (χ1v) is 38.7. The zero-order valence-corrected chi connectivity index (χ0v) is 67.3. The van der Waals surface area contributed by atoms with Gasteiger partial charge in [-0.25, -0.2) is 24.9 Å². The maximum absolute atomic E-state index is 12.2. The van der Waals surface area contributed by atoms with Crippen molar-refractivity contribution in [2.24, 2.45) is 5.92 Å². The number of rotatable bonds is 28. The third kappa shape index (κ3) is 18.9. The molecule has 17 rings (SSSR count). The SMILES string of the molecule is C=Cc1ccccc1-n1ccc2cnc(Nc3cc(OC)c(OC)c(OC)c3)nc21.COc1cc(Nc2ncc3ccn(-c4cccc(CC(=O)NCCCO)c4)c3n2)cc(OC)c1OC.COc1ccc(C)c(Nc2ncc3ccn(-c4cccs4)c3n2)c1.Cc1ccc(OCC2CC2)cc1Nc1ncc2ccn(-c3ccccn3)c2n1. The highest BCUT2D eigenvalue weighted by molar-refractivity contribution is 7.12. The molecule has 29 heteroatoms. The second-order valence-corrected chi connectivity index (χ2v) is 28.0. The quantitative estimate of drug-likeness (QED) is 0.0248. The Bertz CT molecular complexity index is 6120. The number of hydrogen-bond acceptors (Lipinski definition) is 24. The predicted molar refractivity (Wildman–Crippen MR) is 462 cm³/mol. The summed E-state index contributed by atoms with van der Waals surface area (Å²) in [5.41, 5.74) is 12.5. The number of hydrogen-bond donors (Lipinski definition) is 6. The topological polar surface area (TPSA) is 307 Å². The van der Waals surface area contributed by atoms with E-state index in [-0.39, 0.29) is 18.9 Å². The van der Waals surface area contributed by atoms with E-state index in [2.05, 4.69) is 92.1 Å². The lowest BCUT2D eigenvalue weighted by Crippen LogP contribution is -2.26. The number of para-hydroxylation sites is 1. The van der Waals surface area contributed by atoms with E-state index in [1.165, 1.54) is 12.8 Å². The number of aromatic nitrogens is 13. The molecule has 6 aromatic carbocycles. The molecule has 600 valence electrons. The van der Waals surface area contributed by atoms with E-state index in [1.54, 1.807) is 104 Å². The maximum atomic E-state index is 12.2. The summed E-state index contributed by atoms with van der Waals surface area (Å²) in [5, 5.41) is 31.7. The molecule has 1 amide bonds. The van der Waals surface area contributed by atoms with Crippen LogP contribution in [0.2, 0.25) is 0 Å². The maximum Gasteiger partial charge on any atom is 0.229 e. The normalized spacial score (nSPS) is 11.4. The average molecular weight is 1600 g/mol. The van der Waals surface area contributed by atoms with Crippen LogP contribution in [0.1, 0.15) is 41.5 Å². The summed E-state index contributed by atoms with van der Waals surface area (Å²) < 4.78 is 51.7. The number of amides is 1. The first-order chi connectivity index (χ1) is 57.7. The van der Waals surface area contributed by atoms with Crippen LogP contribution in [-0.4, -0.2) is 144 Å². The van der Waals surface area contributed by atoms with Crippen LogP contribution in [0, 0.1) is 19.8 Å². The minimum atomic E-state index is -0.0860. The molecule has 0 aliphatic heterocycles. The minimum absolute atomic E-state index is 0.0503. The van der Waals surface area contributed by atoms with Crippen LogP contribution >= 0.6 is 11.3 Å².